The summed E-state index contributed by atoms with van der Waals surface area (Å²) in [6.07, 6.45) is 1.56. The highest BCUT2D eigenvalue weighted by atomic mass is 32.2. The van der Waals surface area contributed by atoms with Crippen LogP contribution in [-0.2, 0) is 14.8 Å². The number of nitrogens with two attached hydrogens (primary N) is 1. The molecule has 1 heterocycles. The van der Waals surface area contributed by atoms with E-state index in [4.69, 9.17) is 15.2 Å². The van der Waals surface area contributed by atoms with Gasteiger partial charge in [0.05, 0.1) is 11.9 Å². The molecule has 0 amide bonds. The molecule has 1 unspecified atom stereocenters. The molecule has 0 aliphatic carbocycles. The molecule has 0 bridgehead atoms. The number of rotatable bonds is 7. The minimum atomic E-state index is -3.30. The minimum Gasteiger partial charge on any atom is -0.492 e. The molecule has 1 aromatic rings. The number of anilines is 1. The summed E-state index contributed by atoms with van der Waals surface area (Å²) in [5.74, 6) is 0.687. The van der Waals surface area contributed by atoms with Crippen LogP contribution < -0.4 is 15.2 Å². The van der Waals surface area contributed by atoms with Crippen molar-refractivity contribution in [3.05, 3.63) is 24.3 Å². The Balaban J connectivity index is 1.68. The van der Waals surface area contributed by atoms with Crippen molar-refractivity contribution >= 4 is 15.7 Å². The van der Waals surface area contributed by atoms with E-state index in [-0.39, 0.29) is 25.0 Å². The van der Waals surface area contributed by atoms with E-state index >= 15 is 0 Å². The van der Waals surface area contributed by atoms with Gasteiger partial charge in [-0.2, -0.15) is 0 Å². The molecule has 1 atom stereocenters. The first-order chi connectivity index (χ1) is 9.55. The maximum Gasteiger partial charge on any atom is 0.214 e. The fourth-order valence-electron chi connectivity index (χ4n) is 2.01. The maximum absolute atomic E-state index is 11.8. The van der Waals surface area contributed by atoms with Crippen molar-refractivity contribution in [3.8, 4) is 5.75 Å². The first kappa shape index (κ1) is 15.1. The molecular formula is C13H20N2O4S. The van der Waals surface area contributed by atoms with Gasteiger partial charge < -0.3 is 15.2 Å². The Kier molecular flexibility index (Phi) is 5.22. The summed E-state index contributed by atoms with van der Waals surface area (Å²) in [5.41, 5.74) is 6.22. The number of hydrogen-bond donors (Lipinski definition) is 2. The van der Waals surface area contributed by atoms with Crippen LogP contribution in [0.4, 0.5) is 5.69 Å². The molecule has 7 heteroatoms. The Morgan fingerprint density at radius 1 is 1.35 bits per heavy atom. The van der Waals surface area contributed by atoms with Gasteiger partial charge in [-0.25, -0.2) is 13.1 Å². The zero-order valence-corrected chi connectivity index (χ0v) is 12.1. The summed E-state index contributed by atoms with van der Waals surface area (Å²) in [6, 6.07) is 6.96. The highest BCUT2D eigenvalue weighted by Gasteiger charge is 2.22. The SMILES string of the molecule is Nc1ccc(OCCNS(=O)(=O)CC2CCCO2)cc1. The number of nitrogen functional groups attached to an aromatic ring is 1. The lowest BCUT2D eigenvalue weighted by Crippen LogP contribution is -2.34. The lowest BCUT2D eigenvalue weighted by Gasteiger charge is -2.11. The van der Waals surface area contributed by atoms with Gasteiger partial charge in [-0.1, -0.05) is 0 Å². The van der Waals surface area contributed by atoms with Crippen LogP contribution in [-0.4, -0.2) is 40.0 Å². The van der Waals surface area contributed by atoms with Gasteiger partial charge in [0.15, 0.2) is 0 Å². The molecular weight excluding hydrogens is 280 g/mol. The summed E-state index contributed by atoms with van der Waals surface area (Å²) in [6.45, 7) is 1.16. The lowest BCUT2D eigenvalue weighted by molar-refractivity contribution is 0.127. The van der Waals surface area contributed by atoms with Crippen molar-refractivity contribution in [1.29, 1.82) is 0 Å². The van der Waals surface area contributed by atoms with Gasteiger partial charge in [-0.3, -0.25) is 0 Å². The standard InChI is InChI=1S/C13H20N2O4S/c14-11-3-5-12(6-4-11)19-9-7-15-20(16,17)10-13-2-1-8-18-13/h3-6,13,15H,1-2,7-10,14H2. The number of hydrogen-bond acceptors (Lipinski definition) is 5. The van der Waals surface area contributed by atoms with Gasteiger partial charge in [0.2, 0.25) is 10.0 Å². The van der Waals surface area contributed by atoms with Crippen LogP contribution in [0, 0.1) is 0 Å². The van der Waals surface area contributed by atoms with E-state index in [2.05, 4.69) is 4.72 Å². The van der Waals surface area contributed by atoms with E-state index in [0.717, 1.165) is 12.8 Å². The summed E-state index contributed by atoms with van der Waals surface area (Å²) in [7, 11) is -3.30. The number of nitrogens with one attached hydrogen (secondary N) is 1. The third-order valence-corrected chi connectivity index (χ3v) is 4.46. The lowest BCUT2D eigenvalue weighted by atomic mass is 10.3. The van der Waals surface area contributed by atoms with Crippen LogP contribution in [0.25, 0.3) is 0 Å². The van der Waals surface area contributed by atoms with Crippen molar-refractivity contribution < 1.29 is 17.9 Å². The molecule has 1 aromatic carbocycles. The highest BCUT2D eigenvalue weighted by Crippen LogP contribution is 2.14. The van der Waals surface area contributed by atoms with Gasteiger partial charge in [0, 0.05) is 18.8 Å². The Morgan fingerprint density at radius 2 is 2.10 bits per heavy atom. The largest absolute Gasteiger partial charge is 0.492 e. The first-order valence-corrected chi connectivity index (χ1v) is 8.28. The molecule has 1 fully saturated rings. The molecule has 0 saturated carbocycles. The second-order valence-corrected chi connectivity index (χ2v) is 6.58. The van der Waals surface area contributed by atoms with E-state index in [1.54, 1.807) is 24.3 Å². The van der Waals surface area contributed by atoms with E-state index in [1.807, 2.05) is 0 Å². The maximum atomic E-state index is 11.8. The summed E-state index contributed by atoms with van der Waals surface area (Å²) in [5, 5.41) is 0. The van der Waals surface area contributed by atoms with Crippen molar-refractivity contribution in [2.24, 2.45) is 0 Å². The average Bonchev–Trinajstić information content (AvgIpc) is 2.89. The molecule has 1 aliphatic heterocycles. The van der Waals surface area contributed by atoms with Crippen molar-refractivity contribution in [2.45, 2.75) is 18.9 Å². The van der Waals surface area contributed by atoms with Crippen molar-refractivity contribution in [1.82, 2.24) is 4.72 Å². The summed E-state index contributed by atoms with van der Waals surface area (Å²) < 4.78 is 36.8. The van der Waals surface area contributed by atoms with Crippen LogP contribution in [0.2, 0.25) is 0 Å². The molecule has 1 saturated heterocycles. The number of sulfonamides is 1. The van der Waals surface area contributed by atoms with Crippen LogP contribution in [0.15, 0.2) is 24.3 Å². The van der Waals surface area contributed by atoms with Gasteiger partial charge in [-0.05, 0) is 37.1 Å². The third kappa shape index (κ3) is 4.99. The molecule has 20 heavy (non-hydrogen) atoms. The van der Waals surface area contributed by atoms with Crippen molar-refractivity contribution in [3.63, 3.8) is 0 Å². The Bertz CT molecular complexity index is 510. The smallest absolute Gasteiger partial charge is 0.214 e. The molecule has 3 N–H and O–H groups in total. The molecule has 2 rings (SSSR count). The summed E-state index contributed by atoms with van der Waals surface area (Å²) >= 11 is 0. The quantitative estimate of drug-likeness (QED) is 0.573. The van der Waals surface area contributed by atoms with Crippen molar-refractivity contribution in [2.75, 3.05) is 31.2 Å². The number of benzene rings is 1. The van der Waals surface area contributed by atoms with Gasteiger partial charge >= 0.3 is 0 Å². The van der Waals surface area contributed by atoms with Crippen LogP contribution in [0.3, 0.4) is 0 Å². The van der Waals surface area contributed by atoms with Crippen LogP contribution in [0.1, 0.15) is 12.8 Å². The summed E-state index contributed by atoms with van der Waals surface area (Å²) in [4.78, 5) is 0. The highest BCUT2D eigenvalue weighted by molar-refractivity contribution is 7.89. The normalized spacial score (nSPS) is 19.1. The third-order valence-electron chi connectivity index (χ3n) is 3.00. The fraction of sp³-hybridized carbons (Fsp3) is 0.538. The van der Waals surface area contributed by atoms with Gasteiger partial charge in [-0.15, -0.1) is 0 Å². The van der Waals surface area contributed by atoms with Gasteiger partial charge in [0.25, 0.3) is 0 Å². The van der Waals surface area contributed by atoms with E-state index in [9.17, 15) is 8.42 Å². The zero-order valence-electron chi connectivity index (χ0n) is 11.2. The Morgan fingerprint density at radius 3 is 2.75 bits per heavy atom. The monoisotopic (exact) mass is 300 g/mol. The molecule has 0 aromatic heterocycles. The molecule has 1 aliphatic rings. The zero-order chi connectivity index (χ0) is 14.4. The second kappa shape index (κ2) is 6.92. The molecule has 112 valence electrons. The topological polar surface area (TPSA) is 90.6 Å². The minimum absolute atomic E-state index is 0.0227. The first-order valence-electron chi connectivity index (χ1n) is 6.62. The molecule has 0 spiro atoms. The van der Waals surface area contributed by atoms with E-state index in [0.29, 0.717) is 18.0 Å². The van der Waals surface area contributed by atoms with E-state index in [1.165, 1.54) is 0 Å². The molecule has 0 radical (unpaired) electrons. The van der Waals surface area contributed by atoms with Gasteiger partial charge in [0.1, 0.15) is 12.4 Å². The predicted octanol–water partition coefficient (Wildman–Crippen LogP) is 0.746. The molecule has 6 nitrogen and oxygen atoms in total. The van der Waals surface area contributed by atoms with E-state index < -0.39 is 10.0 Å². The predicted molar refractivity (Wildman–Crippen MR) is 77.1 cm³/mol. The van der Waals surface area contributed by atoms with Crippen LogP contribution in [0.5, 0.6) is 5.75 Å². The average molecular weight is 300 g/mol. The Hall–Kier alpha value is -1.31. The van der Waals surface area contributed by atoms with Crippen LogP contribution >= 0.6 is 0 Å². The Labute approximate surface area is 119 Å². The number of ether oxygens (including phenoxy) is 2. The second-order valence-electron chi connectivity index (χ2n) is 4.73. The fourth-order valence-corrected chi connectivity index (χ4v) is 3.27.